The summed E-state index contributed by atoms with van der Waals surface area (Å²) in [5, 5.41) is 18.4. The van der Waals surface area contributed by atoms with Crippen molar-refractivity contribution in [2.45, 2.75) is 78.7 Å². The van der Waals surface area contributed by atoms with E-state index in [9.17, 15) is 14.9 Å². The SMILES string of the molecule is C=CC.C=CCCCC(=O)O.CC.CC(C1CCCC1)[N+](=O)[O-]. The lowest BCUT2D eigenvalue weighted by Crippen LogP contribution is -2.23. The molecule has 1 aliphatic carbocycles. The van der Waals surface area contributed by atoms with E-state index in [4.69, 9.17) is 5.11 Å². The number of allylic oxidation sites excluding steroid dienone is 2. The summed E-state index contributed by atoms with van der Waals surface area (Å²) in [6.45, 7) is 14.4. The molecule has 1 rings (SSSR count). The largest absolute Gasteiger partial charge is 0.481 e. The summed E-state index contributed by atoms with van der Waals surface area (Å²) in [6.07, 6.45) is 9.72. The summed E-state index contributed by atoms with van der Waals surface area (Å²) < 4.78 is 0. The van der Waals surface area contributed by atoms with Crippen LogP contribution >= 0.6 is 0 Å². The maximum absolute atomic E-state index is 10.3. The topological polar surface area (TPSA) is 80.4 Å². The molecule has 0 saturated heterocycles. The van der Waals surface area contributed by atoms with Crippen LogP contribution in [0.15, 0.2) is 25.3 Å². The lowest BCUT2D eigenvalue weighted by atomic mass is 10.0. The van der Waals surface area contributed by atoms with Crippen LogP contribution < -0.4 is 0 Å². The van der Waals surface area contributed by atoms with Crippen molar-refractivity contribution in [2.75, 3.05) is 0 Å². The normalized spacial score (nSPS) is 13.7. The number of aliphatic carboxylic acids is 1. The first-order valence-corrected chi connectivity index (χ1v) is 8.43. The molecule has 0 radical (unpaired) electrons. The van der Waals surface area contributed by atoms with Crippen molar-refractivity contribution in [3.63, 3.8) is 0 Å². The molecule has 0 heterocycles. The molecule has 0 aromatic heterocycles. The molecule has 23 heavy (non-hydrogen) atoms. The Labute approximate surface area is 141 Å². The smallest absolute Gasteiger partial charge is 0.303 e. The molecule has 0 aromatic carbocycles. The van der Waals surface area contributed by atoms with Gasteiger partial charge in [0, 0.05) is 24.2 Å². The van der Waals surface area contributed by atoms with E-state index in [2.05, 4.69) is 13.2 Å². The van der Waals surface area contributed by atoms with Gasteiger partial charge in [-0.3, -0.25) is 14.9 Å². The predicted molar refractivity (Wildman–Crippen MR) is 97.3 cm³/mol. The molecule has 0 spiro atoms. The van der Waals surface area contributed by atoms with Crippen LogP contribution in [-0.4, -0.2) is 22.0 Å². The number of rotatable bonds is 6. The third kappa shape index (κ3) is 20.4. The second kappa shape index (κ2) is 20.3. The summed E-state index contributed by atoms with van der Waals surface area (Å²) in [5.74, 6) is -0.373. The van der Waals surface area contributed by atoms with Crippen LogP contribution in [0.4, 0.5) is 0 Å². The number of nitro groups is 1. The van der Waals surface area contributed by atoms with Gasteiger partial charge in [-0.2, -0.15) is 0 Å². The van der Waals surface area contributed by atoms with Crippen LogP contribution in [0.3, 0.4) is 0 Å². The van der Waals surface area contributed by atoms with E-state index >= 15 is 0 Å². The molecule has 5 heteroatoms. The van der Waals surface area contributed by atoms with Crippen LogP contribution in [0, 0.1) is 16.0 Å². The molecule has 1 fully saturated rings. The Kier molecular flexibility index (Phi) is 23.2. The van der Waals surface area contributed by atoms with Crippen molar-refractivity contribution >= 4 is 5.97 Å². The van der Waals surface area contributed by atoms with Crippen LogP contribution in [-0.2, 0) is 4.79 Å². The first-order valence-electron chi connectivity index (χ1n) is 8.43. The van der Waals surface area contributed by atoms with Gasteiger partial charge in [-0.05, 0) is 32.6 Å². The molecule has 1 unspecified atom stereocenters. The molecule has 136 valence electrons. The van der Waals surface area contributed by atoms with E-state index in [1.807, 2.05) is 20.8 Å². The zero-order valence-electron chi connectivity index (χ0n) is 15.3. The average molecular weight is 329 g/mol. The van der Waals surface area contributed by atoms with Gasteiger partial charge >= 0.3 is 5.97 Å². The maximum Gasteiger partial charge on any atom is 0.303 e. The highest BCUT2D eigenvalue weighted by Gasteiger charge is 2.28. The van der Waals surface area contributed by atoms with E-state index in [1.54, 1.807) is 19.1 Å². The molecule has 1 saturated carbocycles. The van der Waals surface area contributed by atoms with Gasteiger partial charge in [0.25, 0.3) is 0 Å². The van der Waals surface area contributed by atoms with Gasteiger partial charge < -0.3 is 5.11 Å². The maximum atomic E-state index is 10.3. The Morgan fingerprint density at radius 2 is 1.78 bits per heavy atom. The minimum Gasteiger partial charge on any atom is -0.481 e. The van der Waals surface area contributed by atoms with Gasteiger partial charge in [-0.1, -0.05) is 38.8 Å². The van der Waals surface area contributed by atoms with Crippen molar-refractivity contribution in [3.05, 3.63) is 35.4 Å². The van der Waals surface area contributed by atoms with Crippen LogP contribution in [0.1, 0.15) is 72.6 Å². The molecular formula is C18H35NO4. The van der Waals surface area contributed by atoms with Gasteiger partial charge in [-0.25, -0.2) is 0 Å². The van der Waals surface area contributed by atoms with Gasteiger partial charge in [0.15, 0.2) is 0 Å². The Morgan fingerprint density at radius 3 is 2.09 bits per heavy atom. The highest BCUT2D eigenvalue weighted by molar-refractivity contribution is 5.66. The number of carboxylic acids is 1. The van der Waals surface area contributed by atoms with Crippen molar-refractivity contribution in [3.8, 4) is 0 Å². The molecule has 0 amide bonds. The fourth-order valence-corrected chi connectivity index (χ4v) is 2.01. The second-order valence-corrected chi connectivity index (χ2v) is 5.05. The number of unbranched alkanes of at least 4 members (excludes halogenated alkanes) is 1. The fourth-order valence-electron chi connectivity index (χ4n) is 2.01. The average Bonchev–Trinajstić information content (AvgIpc) is 3.04. The molecule has 1 atom stereocenters. The number of hydrogen-bond acceptors (Lipinski definition) is 3. The fraction of sp³-hybridized carbons (Fsp3) is 0.722. The van der Waals surface area contributed by atoms with Crippen molar-refractivity contribution in [1.82, 2.24) is 0 Å². The highest BCUT2D eigenvalue weighted by Crippen LogP contribution is 2.28. The molecule has 0 aliphatic heterocycles. The van der Waals surface area contributed by atoms with E-state index in [0.29, 0.717) is 12.3 Å². The minimum absolute atomic E-state index is 0.157. The van der Waals surface area contributed by atoms with Crippen molar-refractivity contribution in [2.24, 2.45) is 5.92 Å². The van der Waals surface area contributed by atoms with Crippen LogP contribution in [0.5, 0.6) is 0 Å². The molecule has 1 N–H and O–H groups in total. The summed E-state index contributed by atoms with van der Waals surface area (Å²) in [6, 6.07) is -0.317. The molecule has 5 nitrogen and oxygen atoms in total. The minimum atomic E-state index is -0.730. The highest BCUT2D eigenvalue weighted by atomic mass is 16.6. The monoisotopic (exact) mass is 329 g/mol. The van der Waals surface area contributed by atoms with E-state index in [0.717, 1.165) is 19.3 Å². The standard InChI is InChI=1S/C7H13NO2.C6H10O2.C3H6.C2H6/c1-6(8(9)10)7-4-2-3-5-7;1-2-3-4-5-6(7)8;1-3-2;1-2/h6-7H,2-5H2,1H3;2H,1,3-5H2,(H,7,8);3H,1H2,2H3;1-2H3. The van der Waals surface area contributed by atoms with E-state index < -0.39 is 5.97 Å². The predicted octanol–water partition coefficient (Wildman–Crippen LogP) is 5.49. The molecule has 0 aromatic rings. The first-order chi connectivity index (χ1) is 10.9. The summed E-state index contributed by atoms with van der Waals surface area (Å²) >= 11 is 0. The summed E-state index contributed by atoms with van der Waals surface area (Å²) in [4.78, 5) is 20.0. The first kappa shape index (κ1) is 26.3. The quantitative estimate of drug-likeness (QED) is 0.302. The van der Waals surface area contributed by atoms with Crippen LogP contribution in [0.2, 0.25) is 0 Å². The zero-order chi connectivity index (χ0) is 18.7. The number of carbonyl (C=O) groups is 1. The number of hydrogen-bond donors (Lipinski definition) is 1. The third-order valence-electron chi connectivity index (χ3n) is 3.21. The number of carboxylic acid groups (broad SMARTS) is 1. The lowest BCUT2D eigenvalue weighted by Gasteiger charge is -2.09. The van der Waals surface area contributed by atoms with Gasteiger partial charge in [0.2, 0.25) is 6.04 Å². The molecule has 1 aliphatic rings. The Morgan fingerprint density at radius 1 is 1.35 bits per heavy atom. The Bertz CT molecular complexity index is 310. The Balaban J connectivity index is -0.000000277. The Hall–Kier alpha value is -1.65. The van der Waals surface area contributed by atoms with Crippen molar-refractivity contribution < 1.29 is 14.8 Å². The van der Waals surface area contributed by atoms with Gasteiger partial charge in [-0.15, -0.1) is 13.2 Å². The lowest BCUT2D eigenvalue weighted by molar-refractivity contribution is -0.527. The zero-order valence-corrected chi connectivity index (χ0v) is 15.3. The number of nitrogens with zero attached hydrogens (tertiary/aromatic N) is 1. The van der Waals surface area contributed by atoms with E-state index in [1.165, 1.54) is 12.8 Å². The summed E-state index contributed by atoms with van der Waals surface area (Å²) in [7, 11) is 0. The third-order valence-corrected chi connectivity index (χ3v) is 3.21. The molecule has 0 bridgehead atoms. The summed E-state index contributed by atoms with van der Waals surface area (Å²) in [5.41, 5.74) is 0. The van der Waals surface area contributed by atoms with Crippen molar-refractivity contribution in [1.29, 1.82) is 0 Å². The van der Waals surface area contributed by atoms with Crippen LogP contribution in [0.25, 0.3) is 0 Å². The van der Waals surface area contributed by atoms with Gasteiger partial charge in [0.1, 0.15) is 0 Å². The van der Waals surface area contributed by atoms with E-state index in [-0.39, 0.29) is 17.4 Å². The molecular weight excluding hydrogens is 294 g/mol. The van der Waals surface area contributed by atoms with Gasteiger partial charge in [0.05, 0.1) is 0 Å². The second-order valence-electron chi connectivity index (χ2n) is 5.05.